The van der Waals surface area contributed by atoms with Gasteiger partial charge in [0.05, 0.1) is 5.56 Å². The highest BCUT2D eigenvalue weighted by atomic mass is 35.5. The number of primary amides is 1. The summed E-state index contributed by atoms with van der Waals surface area (Å²) in [7, 11) is 0. The Hall–Kier alpha value is -1.75. The molecule has 2 atom stereocenters. The molecule has 6 heteroatoms. The third kappa shape index (κ3) is 3.71. The monoisotopic (exact) mass is 324 g/mol. The summed E-state index contributed by atoms with van der Waals surface area (Å²) < 4.78 is 5.51. The molecule has 1 aromatic carbocycles. The first-order chi connectivity index (χ1) is 10.4. The number of halogens is 1. The zero-order valence-electron chi connectivity index (χ0n) is 12.8. The number of ether oxygens (including phenoxy) is 1. The Morgan fingerprint density at radius 1 is 1.32 bits per heavy atom. The summed E-state index contributed by atoms with van der Waals surface area (Å²) in [5.74, 6) is -0.459. The van der Waals surface area contributed by atoms with Gasteiger partial charge in [0.25, 0.3) is 11.8 Å². The summed E-state index contributed by atoms with van der Waals surface area (Å²) in [5.41, 5.74) is 5.52. The maximum Gasteiger partial charge on any atom is 0.260 e. The molecule has 0 aliphatic carbocycles. The molecule has 1 saturated heterocycles. The van der Waals surface area contributed by atoms with Gasteiger partial charge in [-0.2, -0.15) is 0 Å². The van der Waals surface area contributed by atoms with E-state index in [9.17, 15) is 9.59 Å². The van der Waals surface area contributed by atoms with Crippen molar-refractivity contribution in [1.82, 2.24) is 4.90 Å². The SMILES string of the molecule is C[C@H]1CCC[C@H](C)N1C(=O)COc1cc(Cl)ccc1C(N)=O. The van der Waals surface area contributed by atoms with Crippen LogP contribution in [0.4, 0.5) is 0 Å². The van der Waals surface area contributed by atoms with E-state index in [4.69, 9.17) is 22.1 Å². The normalized spacial score (nSPS) is 21.5. The van der Waals surface area contributed by atoms with E-state index in [0.717, 1.165) is 19.3 Å². The van der Waals surface area contributed by atoms with Gasteiger partial charge in [0, 0.05) is 17.1 Å². The van der Waals surface area contributed by atoms with Gasteiger partial charge < -0.3 is 15.4 Å². The molecule has 2 N–H and O–H groups in total. The fraction of sp³-hybridized carbons (Fsp3) is 0.500. The summed E-state index contributed by atoms with van der Waals surface area (Å²) in [5, 5.41) is 0.423. The summed E-state index contributed by atoms with van der Waals surface area (Å²) in [6.45, 7) is 3.96. The van der Waals surface area contributed by atoms with E-state index in [-0.39, 0.29) is 35.9 Å². The van der Waals surface area contributed by atoms with E-state index >= 15 is 0 Å². The topological polar surface area (TPSA) is 72.6 Å². The second-order valence-electron chi connectivity index (χ2n) is 5.72. The molecule has 0 spiro atoms. The summed E-state index contributed by atoms with van der Waals surface area (Å²) in [6, 6.07) is 4.96. The third-order valence-electron chi connectivity index (χ3n) is 4.04. The summed E-state index contributed by atoms with van der Waals surface area (Å²) >= 11 is 5.90. The molecule has 2 rings (SSSR count). The Morgan fingerprint density at radius 2 is 1.95 bits per heavy atom. The van der Waals surface area contributed by atoms with Crippen molar-refractivity contribution in [3.05, 3.63) is 28.8 Å². The molecule has 1 aliphatic heterocycles. The molecule has 2 amide bonds. The lowest BCUT2D eigenvalue weighted by Crippen LogP contribution is -2.49. The van der Waals surface area contributed by atoms with E-state index < -0.39 is 5.91 Å². The molecule has 120 valence electrons. The van der Waals surface area contributed by atoms with Gasteiger partial charge in [-0.25, -0.2) is 0 Å². The van der Waals surface area contributed by atoms with Crippen molar-refractivity contribution in [3.63, 3.8) is 0 Å². The van der Waals surface area contributed by atoms with Crippen LogP contribution in [0, 0.1) is 0 Å². The quantitative estimate of drug-likeness (QED) is 0.925. The van der Waals surface area contributed by atoms with Crippen molar-refractivity contribution in [1.29, 1.82) is 0 Å². The lowest BCUT2D eigenvalue weighted by atomic mass is 9.97. The first kappa shape index (κ1) is 16.6. The Labute approximate surface area is 135 Å². The zero-order valence-corrected chi connectivity index (χ0v) is 13.6. The lowest BCUT2D eigenvalue weighted by Gasteiger charge is -2.39. The molecule has 1 fully saturated rings. The minimum absolute atomic E-state index is 0.0879. The van der Waals surface area contributed by atoms with Crippen LogP contribution in [-0.2, 0) is 4.79 Å². The Bertz CT molecular complexity index is 567. The number of hydrogen-bond donors (Lipinski definition) is 1. The highest BCUT2D eigenvalue weighted by Gasteiger charge is 2.29. The van der Waals surface area contributed by atoms with E-state index in [1.165, 1.54) is 12.1 Å². The van der Waals surface area contributed by atoms with Gasteiger partial charge in [-0.1, -0.05) is 11.6 Å². The van der Waals surface area contributed by atoms with Crippen LogP contribution in [0.25, 0.3) is 0 Å². The highest BCUT2D eigenvalue weighted by Crippen LogP contribution is 2.25. The van der Waals surface area contributed by atoms with Crippen LogP contribution in [0.2, 0.25) is 5.02 Å². The molecular formula is C16H21ClN2O3. The van der Waals surface area contributed by atoms with Gasteiger partial charge in [-0.15, -0.1) is 0 Å². The van der Waals surface area contributed by atoms with Gasteiger partial charge >= 0.3 is 0 Å². The molecule has 0 saturated carbocycles. The highest BCUT2D eigenvalue weighted by molar-refractivity contribution is 6.30. The third-order valence-corrected chi connectivity index (χ3v) is 4.28. The molecule has 1 aliphatic rings. The van der Waals surface area contributed by atoms with Gasteiger partial charge in [0.1, 0.15) is 5.75 Å². The van der Waals surface area contributed by atoms with E-state index in [1.807, 2.05) is 18.7 Å². The van der Waals surface area contributed by atoms with Crippen LogP contribution in [0.15, 0.2) is 18.2 Å². The van der Waals surface area contributed by atoms with Crippen LogP contribution in [-0.4, -0.2) is 35.4 Å². The van der Waals surface area contributed by atoms with Crippen molar-refractivity contribution >= 4 is 23.4 Å². The van der Waals surface area contributed by atoms with Gasteiger partial charge in [0.15, 0.2) is 6.61 Å². The first-order valence-electron chi connectivity index (χ1n) is 7.43. The van der Waals surface area contributed by atoms with Gasteiger partial charge in [-0.05, 0) is 51.3 Å². The number of amides is 2. The van der Waals surface area contributed by atoms with Gasteiger partial charge in [0.2, 0.25) is 0 Å². The van der Waals surface area contributed by atoms with Crippen molar-refractivity contribution in [2.24, 2.45) is 5.73 Å². The number of carbonyl (C=O) groups excluding carboxylic acids is 2. The molecule has 0 radical (unpaired) electrons. The Balaban J connectivity index is 2.08. The largest absolute Gasteiger partial charge is 0.483 e. The summed E-state index contributed by atoms with van der Waals surface area (Å²) in [6.07, 6.45) is 3.13. The van der Waals surface area contributed by atoms with E-state index in [0.29, 0.717) is 5.02 Å². The van der Waals surface area contributed by atoms with Crippen molar-refractivity contribution in [2.45, 2.75) is 45.2 Å². The second-order valence-corrected chi connectivity index (χ2v) is 6.16. The average molecular weight is 325 g/mol. The van der Waals surface area contributed by atoms with Crippen molar-refractivity contribution in [2.75, 3.05) is 6.61 Å². The predicted molar refractivity (Wildman–Crippen MR) is 85.1 cm³/mol. The van der Waals surface area contributed by atoms with E-state index in [2.05, 4.69) is 0 Å². The van der Waals surface area contributed by atoms with Crippen LogP contribution in [0.1, 0.15) is 43.5 Å². The van der Waals surface area contributed by atoms with Crippen LogP contribution >= 0.6 is 11.6 Å². The fourth-order valence-electron chi connectivity index (χ4n) is 2.95. The molecule has 1 aromatic rings. The smallest absolute Gasteiger partial charge is 0.260 e. The summed E-state index contributed by atoms with van der Waals surface area (Å²) in [4.78, 5) is 25.7. The maximum absolute atomic E-state index is 12.4. The predicted octanol–water partition coefficient (Wildman–Crippen LogP) is 2.61. The van der Waals surface area contributed by atoms with Gasteiger partial charge in [-0.3, -0.25) is 9.59 Å². The first-order valence-corrected chi connectivity index (χ1v) is 7.81. The number of hydrogen-bond acceptors (Lipinski definition) is 3. The molecule has 0 unspecified atom stereocenters. The second kappa shape index (κ2) is 7.01. The van der Waals surface area contributed by atoms with Crippen LogP contribution in [0.5, 0.6) is 5.75 Å². The van der Waals surface area contributed by atoms with E-state index in [1.54, 1.807) is 6.07 Å². The number of rotatable bonds is 4. The fourth-order valence-corrected chi connectivity index (χ4v) is 3.11. The Morgan fingerprint density at radius 3 is 2.55 bits per heavy atom. The van der Waals surface area contributed by atoms with Crippen LogP contribution < -0.4 is 10.5 Å². The molecular weight excluding hydrogens is 304 g/mol. The average Bonchev–Trinajstić information content (AvgIpc) is 2.44. The molecule has 0 aromatic heterocycles. The standard InChI is InChI=1S/C16H21ClN2O3/c1-10-4-3-5-11(2)19(10)15(20)9-22-14-8-12(17)6-7-13(14)16(18)21/h6-8,10-11H,3-5,9H2,1-2H3,(H2,18,21)/t10-,11-/m0/s1. The number of piperidine rings is 1. The number of benzene rings is 1. The number of likely N-dealkylation sites (tertiary alicyclic amines) is 1. The molecule has 22 heavy (non-hydrogen) atoms. The molecule has 0 bridgehead atoms. The minimum Gasteiger partial charge on any atom is -0.483 e. The lowest BCUT2D eigenvalue weighted by molar-refractivity contribution is -0.139. The zero-order chi connectivity index (χ0) is 16.3. The maximum atomic E-state index is 12.4. The van der Waals surface area contributed by atoms with Crippen molar-refractivity contribution < 1.29 is 14.3 Å². The van der Waals surface area contributed by atoms with Crippen molar-refractivity contribution in [3.8, 4) is 5.75 Å². The number of nitrogens with two attached hydrogens (primary N) is 1. The number of carbonyl (C=O) groups is 2. The van der Waals surface area contributed by atoms with Crippen LogP contribution in [0.3, 0.4) is 0 Å². The Kier molecular flexibility index (Phi) is 5.29. The molecule has 5 nitrogen and oxygen atoms in total. The molecule has 1 heterocycles. The minimum atomic E-state index is -0.612. The number of nitrogens with zero attached hydrogens (tertiary/aromatic N) is 1.